The van der Waals surface area contributed by atoms with Crippen molar-refractivity contribution in [2.45, 2.75) is 19.5 Å². The Labute approximate surface area is 132 Å². The number of nitrogens with one attached hydrogen (secondary N) is 1. The average molecular weight is 297 g/mol. The van der Waals surface area contributed by atoms with E-state index in [1.54, 1.807) is 0 Å². The summed E-state index contributed by atoms with van der Waals surface area (Å²) < 4.78 is 5.65. The minimum absolute atomic E-state index is 0.0653. The maximum atomic E-state index is 9.56. The quantitative estimate of drug-likeness (QED) is 0.733. The van der Waals surface area contributed by atoms with Crippen LogP contribution in [0.1, 0.15) is 24.1 Å². The van der Waals surface area contributed by atoms with Crippen molar-refractivity contribution in [3.63, 3.8) is 0 Å². The van der Waals surface area contributed by atoms with Crippen LogP contribution in [0.2, 0.25) is 0 Å². The lowest BCUT2D eigenvalue weighted by molar-refractivity contribution is 0.243. The predicted molar refractivity (Wildman–Crippen MR) is 89.9 cm³/mol. The van der Waals surface area contributed by atoms with Gasteiger partial charge in [0, 0.05) is 6.54 Å². The predicted octanol–water partition coefficient (Wildman–Crippen LogP) is 3.46. The third-order valence-electron chi connectivity index (χ3n) is 3.32. The molecule has 116 valence electrons. The van der Waals surface area contributed by atoms with Gasteiger partial charge in [0.15, 0.2) is 0 Å². The van der Waals surface area contributed by atoms with Crippen molar-refractivity contribution in [3.8, 4) is 5.75 Å². The highest BCUT2D eigenvalue weighted by molar-refractivity contribution is 5.29. The zero-order valence-electron chi connectivity index (χ0n) is 13.0. The summed E-state index contributed by atoms with van der Waals surface area (Å²) in [7, 11) is 0. The highest BCUT2D eigenvalue weighted by Crippen LogP contribution is 2.16. The van der Waals surface area contributed by atoms with E-state index in [0.717, 1.165) is 22.4 Å². The van der Waals surface area contributed by atoms with E-state index in [9.17, 15) is 5.11 Å². The van der Waals surface area contributed by atoms with E-state index in [1.165, 1.54) is 0 Å². The normalized spacial score (nSPS) is 11.9. The molecular weight excluding hydrogens is 274 g/mol. The lowest BCUT2D eigenvalue weighted by Gasteiger charge is -2.17. The summed E-state index contributed by atoms with van der Waals surface area (Å²) in [6, 6.07) is 17.9. The van der Waals surface area contributed by atoms with Crippen molar-refractivity contribution in [2.24, 2.45) is 0 Å². The van der Waals surface area contributed by atoms with E-state index < -0.39 is 0 Å². The second kappa shape index (κ2) is 8.37. The number of hydrogen-bond acceptors (Lipinski definition) is 3. The fourth-order valence-corrected chi connectivity index (χ4v) is 2.17. The number of hydrogen-bond donors (Lipinski definition) is 2. The van der Waals surface area contributed by atoms with Crippen molar-refractivity contribution in [2.75, 3.05) is 13.2 Å². The van der Waals surface area contributed by atoms with Gasteiger partial charge in [-0.15, -0.1) is 0 Å². The van der Waals surface area contributed by atoms with Crippen molar-refractivity contribution >= 4 is 0 Å². The molecule has 0 saturated carbocycles. The zero-order chi connectivity index (χ0) is 15.8. The van der Waals surface area contributed by atoms with Crippen molar-refractivity contribution in [1.29, 1.82) is 0 Å². The second-order valence-corrected chi connectivity index (χ2v) is 5.42. The van der Waals surface area contributed by atoms with Gasteiger partial charge in [-0.1, -0.05) is 49.0 Å². The van der Waals surface area contributed by atoms with Crippen LogP contribution in [0.3, 0.4) is 0 Å². The summed E-state index contributed by atoms with van der Waals surface area (Å²) in [6.07, 6.45) is 0. The highest BCUT2D eigenvalue weighted by Gasteiger charge is 2.09. The molecule has 0 bridgehead atoms. The Morgan fingerprint density at radius 1 is 1.18 bits per heavy atom. The van der Waals surface area contributed by atoms with E-state index in [0.29, 0.717) is 13.2 Å². The Bertz CT molecular complexity index is 595. The van der Waals surface area contributed by atoms with Gasteiger partial charge in [-0.2, -0.15) is 0 Å². The number of ether oxygens (including phenoxy) is 1. The molecule has 0 fully saturated rings. The Morgan fingerprint density at radius 3 is 2.64 bits per heavy atom. The first kappa shape index (κ1) is 16.3. The van der Waals surface area contributed by atoms with Gasteiger partial charge in [0.25, 0.3) is 0 Å². The monoisotopic (exact) mass is 297 g/mol. The van der Waals surface area contributed by atoms with E-state index in [2.05, 4.69) is 11.9 Å². The average Bonchev–Trinajstić information content (AvgIpc) is 2.55. The minimum atomic E-state index is -0.0683. The molecule has 0 heterocycles. The van der Waals surface area contributed by atoms with Gasteiger partial charge in [-0.25, -0.2) is 0 Å². The van der Waals surface area contributed by atoms with E-state index >= 15 is 0 Å². The molecular formula is C19H23NO2. The summed E-state index contributed by atoms with van der Waals surface area (Å²) in [5.74, 6) is 0.836. The van der Waals surface area contributed by atoms with Crippen LogP contribution in [0.15, 0.2) is 66.7 Å². The molecule has 2 rings (SSSR count). The Balaban J connectivity index is 1.95. The first-order valence-electron chi connectivity index (χ1n) is 7.44. The summed E-state index contributed by atoms with van der Waals surface area (Å²) in [5, 5.41) is 12.9. The standard InChI is InChI=1S/C19H23NO2/c1-15(2)14-22-18-10-6-7-16(11-18)12-20-19(13-21)17-8-4-3-5-9-17/h3-11,19-21H,1,12-14H2,2H3/t19-/m0/s1. The van der Waals surface area contributed by atoms with Gasteiger partial charge in [-0.05, 0) is 35.8 Å². The fourth-order valence-electron chi connectivity index (χ4n) is 2.17. The molecule has 2 aromatic rings. The molecule has 3 nitrogen and oxygen atoms in total. The van der Waals surface area contributed by atoms with Crippen LogP contribution in [0.25, 0.3) is 0 Å². The third-order valence-corrected chi connectivity index (χ3v) is 3.32. The molecule has 0 aromatic heterocycles. The Morgan fingerprint density at radius 2 is 1.95 bits per heavy atom. The lowest BCUT2D eigenvalue weighted by Crippen LogP contribution is -2.23. The summed E-state index contributed by atoms with van der Waals surface area (Å²) in [6.45, 7) is 7.04. The summed E-state index contributed by atoms with van der Waals surface area (Å²) in [5.41, 5.74) is 3.20. The second-order valence-electron chi connectivity index (χ2n) is 5.42. The Kier molecular flexibility index (Phi) is 6.19. The van der Waals surface area contributed by atoms with Gasteiger partial charge in [-0.3, -0.25) is 0 Å². The van der Waals surface area contributed by atoms with Gasteiger partial charge in [0.05, 0.1) is 12.6 Å². The van der Waals surface area contributed by atoms with Crippen LogP contribution in [-0.2, 0) is 6.54 Å². The van der Waals surface area contributed by atoms with Crippen LogP contribution in [0.5, 0.6) is 5.75 Å². The molecule has 0 amide bonds. The largest absolute Gasteiger partial charge is 0.489 e. The molecule has 2 aromatic carbocycles. The molecule has 0 aliphatic rings. The summed E-state index contributed by atoms with van der Waals surface area (Å²) >= 11 is 0. The van der Waals surface area contributed by atoms with E-state index in [-0.39, 0.29) is 12.6 Å². The lowest BCUT2D eigenvalue weighted by atomic mass is 10.1. The number of aliphatic hydroxyl groups is 1. The molecule has 2 N–H and O–H groups in total. The maximum Gasteiger partial charge on any atom is 0.120 e. The smallest absolute Gasteiger partial charge is 0.120 e. The van der Waals surface area contributed by atoms with Gasteiger partial charge < -0.3 is 15.2 Å². The van der Waals surface area contributed by atoms with Crippen molar-refractivity contribution in [1.82, 2.24) is 5.32 Å². The molecule has 0 radical (unpaired) electrons. The first-order chi connectivity index (χ1) is 10.7. The number of aliphatic hydroxyl groups excluding tert-OH is 1. The number of rotatable bonds is 8. The van der Waals surface area contributed by atoms with Crippen LogP contribution >= 0.6 is 0 Å². The Hall–Kier alpha value is -2.10. The van der Waals surface area contributed by atoms with Gasteiger partial charge >= 0.3 is 0 Å². The van der Waals surface area contributed by atoms with Crippen LogP contribution in [0.4, 0.5) is 0 Å². The molecule has 0 aliphatic heterocycles. The highest BCUT2D eigenvalue weighted by atomic mass is 16.5. The van der Waals surface area contributed by atoms with Crippen LogP contribution < -0.4 is 10.1 Å². The minimum Gasteiger partial charge on any atom is -0.489 e. The molecule has 3 heteroatoms. The first-order valence-corrected chi connectivity index (χ1v) is 7.44. The maximum absolute atomic E-state index is 9.56. The topological polar surface area (TPSA) is 41.5 Å². The van der Waals surface area contributed by atoms with Crippen molar-refractivity contribution in [3.05, 3.63) is 77.9 Å². The molecule has 0 unspecified atom stereocenters. The van der Waals surface area contributed by atoms with Crippen LogP contribution in [-0.4, -0.2) is 18.3 Å². The molecule has 22 heavy (non-hydrogen) atoms. The zero-order valence-corrected chi connectivity index (χ0v) is 13.0. The molecule has 0 spiro atoms. The molecule has 0 aliphatic carbocycles. The SMILES string of the molecule is C=C(C)COc1cccc(CN[C@@H](CO)c2ccccc2)c1. The van der Waals surface area contributed by atoms with Gasteiger partial charge in [0.1, 0.15) is 12.4 Å². The van der Waals surface area contributed by atoms with Crippen LogP contribution in [0, 0.1) is 0 Å². The van der Waals surface area contributed by atoms with E-state index in [1.807, 2.05) is 61.5 Å². The third kappa shape index (κ3) is 5.02. The fraction of sp³-hybridized carbons (Fsp3) is 0.263. The molecule has 1 atom stereocenters. The van der Waals surface area contributed by atoms with Gasteiger partial charge in [0.2, 0.25) is 0 Å². The van der Waals surface area contributed by atoms with E-state index in [4.69, 9.17) is 4.74 Å². The summed E-state index contributed by atoms with van der Waals surface area (Å²) in [4.78, 5) is 0. The number of benzene rings is 2. The van der Waals surface area contributed by atoms with Crippen molar-refractivity contribution < 1.29 is 9.84 Å². The molecule has 0 saturated heterocycles.